The maximum atomic E-state index is 8.51. The zero-order chi connectivity index (χ0) is 21.1. The minimum Gasteiger partial charge on any atom is -0.578 e. The van der Waals surface area contributed by atoms with Crippen LogP contribution in [0.5, 0.6) is 0 Å². The number of aryl methyl sites for hydroxylation is 1. The van der Waals surface area contributed by atoms with Crippen molar-refractivity contribution in [2.75, 3.05) is 31.1 Å². The minimum absolute atomic E-state index is 0.203. The molecule has 30 heavy (non-hydrogen) atoms. The van der Waals surface area contributed by atoms with Crippen molar-refractivity contribution in [3.8, 4) is 0 Å². The monoisotopic (exact) mass is 412 g/mol. The quantitative estimate of drug-likeness (QED) is 0.430. The van der Waals surface area contributed by atoms with Crippen LogP contribution < -0.4 is 16.0 Å². The number of fused-ring (bicyclic) bond motifs is 1. The van der Waals surface area contributed by atoms with Crippen LogP contribution in [0.15, 0.2) is 29.3 Å². The van der Waals surface area contributed by atoms with Gasteiger partial charge in [0.15, 0.2) is 0 Å². The topological polar surface area (TPSA) is 98.7 Å². The molecule has 0 radical (unpaired) electrons. The lowest BCUT2D eigenvalue weighted by Crippen LogP contribution is -2.45. The van der Waals surface area contributed by atoms with Crippen molar-refractivity contribution >= 4 is 22.6 Å². The van der Waals surface area contributed by atoms with E-state index < -0.39 is 6.17 Å². The number of anilines is 1. The van der Waals surface area contributed by atoms with Gasteiger partial charge in [0.05, 0.1) is 11.6 Å². The summed E-state index contributed by atoms with van der Waals surface area (Å²) in [5, 5.41) is 13.2. The minimum atomic E-state index is -0.411. The number of nitrogens with one attached hydrogen (secondary N) is 1. The van der Waals surface area contributed by atoms with E-state index in [-0.39, 0.29) is 5.90 Å². The Morgan fingerprint density at radius 3 is 2.83 bits per heavy atom. The highest BCUT2D eigenvalue weighted by Crippen LogP contribution is 2.27. The summed E-state index contributed by atoms with van der Waals surface area (Å²) in [7, 11) is 0. The average molecular weight is 413 g/mol. The second kappa shape index (κ2) is 9.29. The first kappa shape index (κ1) is 21.0. The molecule has 7 nitrogen and oxygen atoms in total. The first-order valence-corrected chi connectivity index (χ1v) is 11.1. The van der Waals surface area contributed by atoms with Crippen molar-refractivity contribution in [1.29, 1.82) is 0 Å². The summed E-state index contributed by atoms with van der Waals surface area (Å²) < 4.78 is 5.73. The van der Waals surface area contributed by atoms with Crippen molar-refractivity contribution in [2.24, 2.45) is 10.7 Å². The van der Waals surface area contributed by atoms with Crippen LogP contribution in [0.1, 0.15) is 43.7 Å². The van der Waals surface area contributed by atoms with Crippen LogP contribution in [0.3, 0.4) is 0 Å². The second-order valence-corrected chi connectivity index (χ2v) is 8.58. The van der Waals surface area contributed by atoms with Gasteiger partial charge in [-0.2, -0.15) is 4.99 Å². The van der Waals surface area contributed by atoms with Crippen molar-refractivity contribution < 1.29 is 9.84 Å². The molecule has 5 N–H and O–H groups in total. The van der Waals surface area contributed by atoms with Crippen LogP contribution in [-0.4, -0.2) is 60.5 Å². The third-order valence-electron chi connectivity index (χ3n) is 5.99. The Morgan fingerprint density at radius 1 is 1.33 bits per heavy atom. The van der Waals surface area contributed by atoms with Crippen LogP contribution in [0.25, 0.3) is 10.9 Å². The van der Waals surface area contributed by atoms with E-state index in [0.717, 1.165) is 61.4 Å². The number of hydrogen-bond acceptors (Lipinski definition) is 6. The zero-order valence-electron chi connectivity index (χ0n) is 18.0. The van der Waals surface area contributed by atoms with Gasteiger partial charge in [-0.25, -0.2) is 4.98 Å². The maximum Gasteiger partial charge on any atom is 0.365 e. The van der Waals surface area contributed by atoms with E-state index in [1.165, 1.54) is 18.4 Å². The second-order valence-electron chi connectivity index (χ2n) is 8.58. The maximum absolute atomic E-state index is 8.51. The molecule has 1 aromatic heterocycles. The third kappa shape index (κ3) is 4.91. The van der Waals surface area contributed by atoms with E-state index in [1.54, 1.807) is 6.92 Å². The first-order chi connectivity index (χ1) is 14.5. The van der Waals surface area contributed by atoms with Gasteiger partial charge < -0.3 is 25.8 Å². The fourth-order valence-electron chi connectivity index (χ4n) is 4.37. The van der Waals surface area contributed by atoms with Gasteiger partial charge in [-0.1, -0.05) is 11.6 Å². The summed E-state index contributed by atoms with van der Waals surface area (Å²) >= 11 is 0. The van der Waals surface area contributed by atoms with Crippen LogP contribution in [0, 0.1) is 6.92 Å². The van der Waals surface area contributed by atoms with E-state index in [0.29, 0.717) is 12.1 Å². The summed E-state index contributed by atoms with van der Waals surface area (Å²) in [6, 6.07) is 8.79. The zero-order valence-corrected chi connectivity index (χ0v) is 18.0. The number of aliphatic imine (C=N–C) groups is 1. The van der Waals surface area contributed by atoms with E-state index >= 15 is 0 Å². The number of pyridine rings is 1. The molecule has 162 valence electrons. The van der Waals surface area contributed by atoms with Crippen LogP contribution in [-0.2, 0) is 4.74 Å². The molecule has 2 fully saturated rings. The molecule has 0 bridgehead atoms. The van der Waals surface area contributed by atoms with Gasteiger partial charge in [-0.05, 0) is 57.7 Å². The molecule has 7 heteroatoms. The van der Waals surface area contributed by atoms with E-state index in [4.69, 9.17) is 20.6 Å². The number of rotatable bonds is 6. The number of ether oxygens (including phenoxy) is 1. The third-order valence-corrected chi connectivity index (χ3v) is 5.99. The Kier molecular flexibility index (Phi) is 6.51. The number of piperidine rings is 1. The summed E-state index contributed by atoms with van der Waals surface area (Å²) in [4.78, 5) is 11.5. The highest BCUT2D eigenvalue weighted by molar-refractivity contribution is 6.01. The van der Waals surface area contributed by atoms with E-state index in [2.05, 4.69) is 40.3 Å². The first-order valence-electron chi connectivity index (χ1n) is 11.1. The van der Waals surface area contributed by atoms with Gasteiger partial charge >= 0.3 is 5.90 Å². The number of hydrogen-bond donors (Lipinski definition) is 2. The molecule has 2 aliphatic rings. The smallest absolute Gasteiger partial charge is 0.365 e. The van der Waals surface area contributed by atoms with Crippen molar-refractivity contribution in [3.05, 3.63) is 35.4 Å². The molecule has 2 unspecified atom stereocenters. The molecule has 0 aliphatic carbocycles. The van der Waals surface area contributed by atoms with Gasteiger partial charge in [0.1, 0.15) is 17.5 Å². The van der Waals surface area contributed by atoms with Crippen molar-refractivity contribution in [2.45, 2.75) is 57.8 Å². The molecule has 2 saturated heterocycles. The Morgan fingerprint density at radius 2 is 2.13 bits per heavy atom. The Bertz CT molecular complexity index is 900. The molecule has 0 saturated carbocycles. The van der Waals surface area contributed by atoms with Gasteiger partial charge in [-0.3, -0.25) is 0 Å². The average Bonchev–Trinajstić information content (AvgIpc) is 3.25. The number of aromatic nitrogens is 1. The summed E-state index contributed by atoms with van der Waals surface area (Å²) in [5.41, 5.74) is 8.73. The molecular formula is C23H34N5O2+. The standard InChI is InChI=1S/C23H33N5O2/c1-15-5-6-21-17(12-15)13-20(23(29)26-16(2)24)22(27-21)28-9-7-18(8-10-28)25-14-19-4-3-11-30-19/h5-6,12-13,16,18-19,25H,3-4,7-11,14,24H2,1-2H3,(H,26,29)/p+1. The van der Waals surface area contributed by atoms with Crippen LogP contribution in [0.4, 0.5) is 5.82 Å². The lowest BCUT2D eigenvalue weighted by molar-refractivity contribution is 0.106. The highest BCUT2D eigenvalue weighted by Gasteiger charge is 2.26. The molecule has 1 aromatic carbocycles. The van der Waals surface area contributed by atoms with Gasteiger partial charge in [0.25, 0.3) is 0 Å². The van der Waals surface area contributed by atoms with Gasteiger partial charge in [0, 0.05) is 37.7 Å². The number of nitrogens with zero attached hydrogens (tertiary/aromatic N) is 3. The summed E-state index contributed by atoms with van der Waals surface area (Å²) in [5.74, 6) is 1.05. The molecule has 0 spiro atoms. The highest BCUT2D eigenvalue weighted by atomic mass is 16.5. The normalized spacial score (nSPS) is 22.0. The molecule has 0 amide bonds. The van der Waals surface area contributed by atoms with Crippen molar-refractivity contribution in [3.63, 3.8) is 0 Å². The predicted octanol–water partition coefficient (Wildman–Crippen LogP) is 2.06. The predicted molar refractivity (Wildman–Crippen MR) is 122 cm³/mol. The molecule has 2 aliphatic heterocycles. The van der Waals surface area contributed by atoms with Gasteiger partial charge in [-0.15, -0.1) is 0 Å². The Labute approximate surface area is 178 Å². The molecule has 2 aromatic rings. The van der Waals surface area contributed by atoms with Crippen molar-refractivity contribution in [1.82, 2.24) is 10.3 Å². The fourth-order valence-corrected chi connectivity index (χ4v) is 4.37. The summed E-state index contributed by atoms with van der Waals surface area (Å²) in [6.07, 6.45) is 4.42. The molecule has 3 heterocycles. The fraction of sp³-hybridized carbons (Fsp3) is 0.565. The Balaban J connectivity index is 1.53. The van der Waals surface area contributed by atoms with Crippen LogP contribution in [0.2, 0.25) is 0 Å². The van der Waals surface area contributed by atoms with Gasteiger partial charge in [0.2, 0.25) is 0 Å². The largest absolute Gasteiger partial charge is 0.578 e. The number of nitrogens with two attached hydrogens (primary N) is 1. The SMILES string of the molecule is Cc1ccc2nc(N3CCC(NCC4CCCO4)CC3)c(C([OH2+])=NC(C)N)cc2c1. The van der Waals surface area contributed by atoms with Crippen LogP contribution >= 0.6 is 0 Å². The van der Waals surface area contributed by atoms with E-state index in [1.807, 2.05) is 6.07 Å². The summed E-state index contributed by atoms with van der Waals surface area (Å²) in [6.45, 7) is 7.52. The van der Waals surface area contributed by atoms with E-state index in [9.17, 15) is 0 Å². The molecule has 2 atom stereocenters. The molecular weight excluding hydrogens is 378 g/mol. The number of benzene rings is 1. The Hall–Kier alpha value is -2.22. The molecule has 4 rings (SSSR count). The lowest BCUT2D eigenvalue weighted by Gasteiger charge is -2.34. The lowest BCUT2D eigenvalue weighted by atomic mass is 10.0.